The predicted molar refractivity (Wildman–Crippen MR) is 87.0 cm³/mol. The fourth-order valence-electron chi connectivity index (χ4n) is 2.08. The summed E-state index contributed by atoms with van der Waals surface area (Å²) in [6, 6.07) is 9.16. The molecule has 2 aromatic carbocycles. The number of halogens is 3. The molecule has 0 unspecified atom stereocenters. The molecule has 0 heterocycles. The molecule has 0 aliphatic heterocycles. The summed E-state index contributed by atoms with van der Waals surface area (Å²) < 4.78 is 42.4. The van der Waals surface area contributed by atoms with E-state index in [2.05, 4.69) is 5.32 Å². The molecular weight excluding hydrogens is 335 g/mol. The van der Waals surface area contributed by atoms with Gasteiger partial charge in [0.25, 0.3) is 0 Å². The lowest BCUT2D eigenvalue weighted by atomic mass is 10.1. The molecule has 0 saturated carbocycles. The number of alkyl halides is 3. The molecule has 2 rings (SSSR count). The van der Waals surface area contributed by atoms with Gasteiger partial charge in [-0.2, -0.15) is 13.2 Å². The summed E-state index contributed by atoms with van der Waals surface area (Å²) in [6.07, 6.45) is -1.45. The highest BCUT2D eigenvalue weighted by molar-refractivity contribution is 5.80. The van der Waals surface area contributed by atoms with E-state index in [4.69, 9.17) is 4.74 Å². The first-order valence-corrected chi connectivity index (χ1v) is 7.28. The van der Waals surface area contributed by atoms with Gasteiger partial charge in [0.15, 0.2) is 11.5 Å². The SMILES string of the molecule is COc1cc(CC(=O)N/C=C/c2ccc(C(F)(F)F)cc2)ccc1O. The topological polar surface area (TPSA) is 58.6 Å². The van der Waals surface area contributed by atoms with E-state index in [-0.39, 0.29) is 23.8 Å². The van der Waals surface area contributed by atoms with E-state index < -0.39 is 11.7 Å². The zero-order chi connectivity index (χ0) is 18.4. The van der Waals surface area contributed by atoms with E-state index >= 15 is 0 Å². The summed E-state index contributed by atoms with van der Waals surface area (Å²) in [4.78, 5) is 11.9. The van der Waals surface area contributed by atoms with Crippen molar-refractivity contribution in [1.82, 2.24) is 5.32 Å². The number of carbonyl (C=O) groups excluding carboxylic acids is 1. The Morgan fingerprint density at radius 1 is 1.20 bits per heavy atom. The highest BCUT2D eigenvalue weighted by atomic mass is 19.4. The van der Waals surface area contributed by atoms with Crippen LogP contribution in [0.1, 0.15) is 16.7 Å². The fourth-order valence-corrected chi connectivity index (χ4v) is 2.08. The summed E-state index contributed by atoms with van der Waals surface area (Å²) in [5.41, 5.74) is 0.449. The third kappa shape index (κ3) is 5.27. The van der Waals surface area contributed by atoms with Crippen LogP contribution >= 0.6 is 0 Å². The summed E-state index contributed by atoms with van der Waals surface area (Å²) >= 11 is 0. The average Bonchev–Trinajstić information content (AvgIpc) is 2.56. The largest absolute Gasteiger partial charge is 0.504 e. The van der Waals surface area contributed by atoms with Gasteiger partial charge in [0.05, 0.1) is 19.1 Å². The molecular formula is C18H16F3NO3. The Morgan fingerprint density at radius 2 is 1.88 bits per heavy atom. The van der Waals surface area contributed by atoms with E-state index in [1.807, 2.05) is 0 Å². The number of carbonyl (C=O) groups is 1. The minimum Gasteiger partial charge on any atom is -0.504 e. The van der Waals surface area contributed by atoms with Crippen LogP contribution in [-0.4, -0.2) is 18.1 Å². The number of ether oxygens (including phenoxy) is 1. The Labute approximate surface area is 142 Å². The van der Waals surface area contributed by atoms with Crippen LogP contribution in [0.2, 0.25) is 0 Å². The van der Waals surface area contributed by atoms with E-state index in [9.17, 15) is 23.1 Å². The van der Waals surface area contributed by atoms with Crippen molar-refractivity contribution in [3.63, 3.8) is 0 Å². The lowest BCUT2D eigenvalue weighted by Crippen LogP contribution is -2.19. The predicted octanol–water partition coefficient (Wildman–Crippen LogP) is 3.75. The maximum atomic E-state index is 12.5. The second-order valence-electron chi connectivity index (χ2n) is 5.20. The number of benzene rings is 2. The van der Waals surface area contributed by atoms with E-state index in [1.165, 1.54) is 37.6 Å². The van der Waals surface area contributed by atoms with E-state index in [1.54, 1.807) is 12.1 Å². The lowest BCUT2D eigenvalue weighted by molar-refractivity contribution is -0.137. The number of methoxy groups -OCH3 is 1. The van der Waals surface area contributed by atoms with Crippen LogP contribution in [0.25, 0.3) is 6.08 Å². The molecule has 0 atom stereocenters. The van der Waals surface area contributed by atoms with Crippen molar-refractivity contribution >= 4 is 12.0 Å². The highest BCUT2D eigenvalue weighted by Crippen LogP contribution is 2.29. The molecule has 4 nitrogen and oxygen atoms in total. The van der Waals surface area contributed by atoms with Gasteiger partial charge in [0.1, 0.15) is 0 Å². The molecule has 0 spiro atoms. The number of amides is 1. The molecule has 25 heavy (non-hydrogen) atoms. The monoisotopic (exact) mass is 351 g/mol. The molecule has 1 amide bonds. The Balaban J connectivity index is 1.92. The Kier molecular flexibility index (Phi) is 5.69. The van der Waals surface area contributed by atoms with Crippen molar-refractivity contribution in [2.24, 2.45) is 0 Å². The fraction of sp³-hybridized carbons (Fsp3) is 0.167. The second-order valence-corrected chi connectivity index (χ2v) is 5.20. The molecule has 0 bridgehead atoms. The Hall–Kier alpha value is -2.96. The van der Waals surface area contributed by atoms with Gasteiger partial charge in [0, 0.05) is 6.20 Å². The van der Waals surface area contributed by atoms with Crippen LogP contribution in [0.5, 0.6) is 11.5 Å². The third-order valence-corrected chi connectivity index (χ3v) is 3.37. The molecule has 0 fully saturated rings. The van der Waals surface area contributed by atoms with Crippen molar-refractivity contribution < 1.29 is 27.8 Å². The Bertz CT molecular complexity index is 768. The molecule has 0 aliphatic rings. The van der Waals surface area contributed by atoms with Gasteiger partial charge in [-0.05, 0) is 41.5 Å². The number of nitrogens with one attached hydrogen (secondary N) is 1. The Morgan fingerprint density at radius 3 is 2.48 bits per heavy atom. The number of hydrogen-bond acceptors (Lipinski definition) is 3. The van der Waals surface area contributed by atoms with Crippen LogP contribution in [0.15, 0.2) is 48.7 Å². The molecule has 132 valence electrons. The molecule has 0 aromatic heterocycles. The highest BCUT2D eigenvalue weighted by Gasteiger charge is 2.29. The molecule has 7 heteroatoms. The molecule has 0 radical (unpaired) electrons. The zero-order valence-corrected chi connectivity index (χ0v) is 13.3. The van der Waals surface area contributed by atoms with Gasteiger partial charge in [-0.1, -0.05) is 18.2 Å². The second kappa shape index (κ2) is 7.74. The standard InChI is InChI=1S/C18H16F3NO3/c1-25-16-10-13(4-7-15(16)23)11-17(24)22-9-8-12-2-5-14(6-3-12)18(19,20)21/h2-10,23H,11H2,1H3,(H,22,24)/b9-8+. The first-order valence-electron chi connectivity index (χ1n) is 7.28. The van der Waals surface area contributed by atoms with Gasteiger partial charge in [0.2, 0.25) is 5.91 Å². The number of aromatic hydroxyl groups is 1. The summed E-state index contributed by atoms with van der Waals surface area (Å²) in [5, 5.41) is 12.0. The molecule has 0 saturated heterocycles. The first-order chi connectivity index (χ1) is 11.8. The average molecular weight is 351 g/mol. The van der Waals surface area contributed by atoms with Gasteiger partial charge in [-0.3, -0.25) is 4.79 Å². The van der Waals surface area contributed by atoms with Crippen molar-refractivity contribution in [1.29, 1.82) is 0 Å². The van der Waals surface area contributed by atoms with Crippen LogP contribution in [-0.2, 0) is 17.4 Å². The van der Waals surface area contributed by atoms with Gasteiger partial charge in [-0.15, -0.1) is 0 Å². The number of hydrogen-bond donors (Lipinski definition) is 2. The third-order valence-electron chi connectivity index (χ3n) is 3.37. The number of phenols is 1. The van der Waals surface area contributed by atoms with Crippen molar-refractivity contribution in [3.8, 4) is 11.5 Å². The van der Waals surface area contributed by atoms with E-state index in [0.29, 0.717) is 11.1 Å². The summed E-state index contributed by atoms with van der Waals surface area (Å²) in [6.45, 7) is 0. The summed E-state index contributed by atoms with van der Waals surface area (Å²) in [5.74, 6) is -0.0599. The number of phenolic OH excluding ortho intramolecular Hbond substituents is 1. The van der Waals surface area contributed by atoms with Crippen LogP contribution in [0.3, 0.4) is 0 Å². The maximum absolute atomic E-state index is 12.5. The van der Waals surface area contributed by atoms with Gasteiger partial charge in [-0.25, -0.2) is 0 Å². The molecule has 2 N–H and O–H groups in total. The molecule has 2 aromatic rings. The first kappa shape index (κ1) is 18.4. The molecule has 0 aliphatic carbocycles. The normalized spacial score (nSPS) is 11.5. The zero-order valence-electron chi connectivity index (χ0n) is 13.3. The summed E-state index contributed by atoms with van der Waals surface area (Å²) in [7, 11) is 1.41. The van der Waals surface area contributed by atoms with Gasteiger partial charge >= 0.3 is 6.18 Å². The number of rotatable bonds is 5. The van der Waals surface area contributed by atoms with Crippen LogP contribution in [0.4, 0.5) is 13.2 Å². The van der Waals surface area contributed by atoms with Crippen molar-refractivity contribution in [2.75, 3.05) is 7.11 Å². The maximum Gasteiger partial charge on any atom is 0.416 e. The van der Waals surface area contributed by atoms with Crippen molar-refractivity contribution in [2.45, 2.75) is 12.6 Å². The van der Waals surface area contributed by atoms with Gasteiger partial charge < -0.3 is 15.2 Å². The quantitative estimate of drug-likeness (QED) is 0.863. The smallest absolute Gasteiger partial charge is 0.416 e. The minimum absolute atomic E-state index is 0.0196. The lowest BCUT2D eigenvalue weighted by Gasteiger charge is -2.06. The van der Waals surface area contributed by atoms with E-state index in [0.717, 1.165) is 12.1 Å². The van der Waals surface area contributed by atoms with Crippen molar-refractivity contribution in [3.05, 3.63) is 65.4 Å². The van der Waals surface area contributed by atoms with Crippen LogP contribution in [0, 0.1) is 0 Å². The van der Waals surface area contributed by atoms with Crippen LogP contribution < -0.4 is 10.1 Å². The minimum atomic E-state index is -4.37.